The number of carbonyl (C=O) groups is 1. The number of alkyl carbamates (subject to hydrolysis) is 1. The van der Waals surface area contributed by atoms with E-state index in [-0.39, 0.29) is 18.7 Å². The lowest BCUT2D eigenvalue weighted by molar-refractivity contribution is 0.0112. The van der Waals surface area contributed by atoms with Crippen molar-refractivity contribution in [2.75, 3.05) is 19.7 Å². The number of likely N-dealkylation sites (tertiary alicyclic amines) is 1. The van der Waals surface area contributed by atoms with E-state index in [9.17, 15) is 9.90 Å². The first-order valence-electron chi connectivity index (χ1n) is 8.63. The largest absolute Gasteiger partial charge is 0.444 e. The van der Waals surface area contributed by atoms with Gasteiger partial charge in [-0.25, -0.2) is 4.79 Å². The predicted molar refractivity (Wildman–Crippen MR) is 86.7 cm³/mol. The van der Waals surface area contributed by atoms with Gasteiger partial charge in [-0.2, -0.15) is 0 Å². The van der Waals surface area contributed by atoms with Crippen LogP contribution in [0.2, 0.25) is 0 Å². The maximum atomic E-state index is 12.0. The van der Waals surface area contributed by atoms with Crippen LogP contribution in [0.1, 0.15) is 53.4 Å². The van der Waals surface area contributed by atoms with Gasteiger partial charge in [-0.1, -0.05) is 6.92 Å². The van der Waals surface area contributed by atoms with Gasteiger partial charge < -0.3 is 15.2 Å². The van der Waals surface area contributed by atoms with Gasteiger partial charge in [0.15, 0.2) is 0 Å². The van der Waals surface area contributed by atoms with E-state index in [1.165, 1.54) is 12.8 Å². The zero-order valence-corrected chi connectivity index (χ0v) is 14.5. The standard InChI is InChI=1S/C17H32N2O3/c1-12-5-6-15(12)19-10-13(7-8-20)9-14(11-19)18-16(21)22-17(2,3)4/h12-15,20H,5-11H2,1-4H3,(H,18,21). The first kappa shape index (κ1) is 17.5. The van der Waals surface area contributed by atoms with Gasteiger partial charge in [0.05, 0.1) is 0 Å². The van der Waals surface area contributed by atoms with E-state index in [1.54, 1.807) is 0 Å². The molecule has 2 rings (SSSR count). The molecule has 1 aliphatic carbocycles. The zero-order valence-electron chi connectivity index (χ0n) is 14.5. The lowest BCUT2D eigenvalue weighted by atomic mass is 9.78. The number of nitrogens with one attached hydrogen (secondary N) is 1. The van der Waals surface area contributed by atoms with Gasteiger partial charge in [0.1, 0.15) is 5.60 Å². The molecule has 0 aromatic rings. The minimum absolute atomic E-state index is 0.118. The Morgan fingerprint density at radius 1 is 1.32 bits per heavy atom. The van der Waals surface area contributed by atoms with Crippen molar-refractivity contribution < 1.29 is 14.6 Å². The summed E-state index contributed by atoms with van der Waals surface area (Å²) in [6.07, 6.45) is 3.97. The Kier molecular flexibility index (Phi) is 5.72. The molecule has 1 saturated heterocycles. The number of aliphatic hydroxyl groups is 1. The molecule has 4 atom stereocenters. The molecule has 1 saturated carbocycles. The lowest BCUT2D eigenvalue weighted by Crippen LogP contribution is -2.57. The first-order chi connectivity index (χ1) is 10.3. The van der Waals surface area contributed by atoms with E-state index in [4.69, 9.17) is 4.74 Å². The molecule has 5 nitrogen and oxygen atoms in total. The van der Waals surface area contributed by atoms with Crippen LogP contribution >= 0.6 is 0 Å². The van der Waals surface area contributed by atoms with E-state index in [1.807, 2.05) is 20.8 Å². The van der Waals surface area contributed by atoms with E-state index in [0.29, 0.717) is 12.0 Å². The number of carbonyl (C=O) groups excluding carboxylic acids is 1. The molecule has 0 aromatic heterocycles. The second-order valence-electron chi connectivity index (χ2n) is 8.03. The van der Waals surface area contributed by atoms with Crippen molar-refractivity contribution in [3.63, 3.8) is 0 Å². The molecule has 5 heteroatoms. The predicted octanol–water partition coefficient (Wildman–Crippen LogP) is 2.38. The SMILES string of the molecule is CC1CCC1N1CC(CCO)CC(NC(=O)OC(C)(C)C)C1. The summed E-state index contributed by atoms with van der Waals surface area (Å²) in [6, 6.07) is 0.761. The highest BCUT2D eigenvalue weighted by atomic mass is 16.6. The van der Waals surface area contributed by atoms with Gasteiger partial charge in [0.2, 0.25) is 0 Å². The van der Waals surface area contributed by atoms with Crippen LogP contribution in [0.4, 0.5) is 4.79 Å². The third-order valence-electron chi connectivity index (χ3n) is 4.87. The molecule has 0 spiro atoms. The van der Waals surface area contributed by atoms with Crippen LogP contribution in [0.25, 0.3) is 0 Å². The molecule has 1 aliphatic heterocycles. The van der Waals surface area contributed by atoms with Crippen LogP contribution in [0, 0.1) is 11.8 Å². The van der Waals surface area contributed by atoms with Crippen LogP contribution in [0.3, 0.4) is 0 Å². The van der Waals surface area contributed by atoms with Crippen LogP contribution < -0.4 is 5.32 Å². The molecular formula is C17H32N2O3. The Bertz CT molecular complexity index is 381. The van der Waals surface area contributed by atoms with Gasteiger partial charge in [0.25, 0.3) is 0 Å². The van der Waals surface area contributed by atoms with Gasteiger partial charge >= 0.3 is 6.09 Å². The molecule has 0 aromatic carbocycles. The van der Waals surface area contributed by atoms with E-state index < -0.39 is 5.60 Å². The maximum absolute atomic E-state index is 12.0. The molecule has 1 heterocycles. The fourth-order valence-electron chi connectivity index (χ4n) is 3.67. The summed E-state index contributed by atoms with van der Waals surface area (Å²) in [4.78, 5) is 14.5. The van der Waals surface area contributed by atoms with Crippen molar-refractivity contribution in [1.29, 1.82) is 0 Å². The number of nitrogens with zero attached hydrogens (tertiary/aromatic N) is 1. The van der Waals surface area contributed by atoms with Crippen molar-refractivity contribution in [2.24, 2.45) is 11.8 Å². The topological polar surface area (TPSA) is 61.8 Å². The fraction of sp³-hybridized carbons (Fsp3) is 0.941. The van der Waals surface area contributed by atoms with Crippen molar-refractivity contribution in [3.05, 3.63) is 0 Å². The minimum atomic E-state index is -0.467. The monoisotopic (exact) mass is 312 g/mol. The van der Waals surface area contributed by atoms with Crippen LogP contribution in [0.15, 0.2) is 0 Å². The second-order valence-corrected chi connectivity index (χ2v) is 8.03. The molecule has 2 N–H and O–H groups in total. The summed E-state index contributed by atoms with van der Waals surface area (Å²) in [5, 5.41) is 12.3. The summed E-state index contributed by atoms with van der Waals surface area (Å²) in [7, 11) is 0. The molecule has 1 amide bonds. The Hall–Kier alpha value is -0.810. The number of amides is 1. The highest BCUT2D eigenvalue weighted by Crippen LogP contribution is 2.34. The summed E-state index contributed by atoms with van der Waals surface area (Å²) in [5.74, 6) is 1.20. The van der Waals surface area contributed by atoms with Crippen LogP contribution in [-0.4, -0.2) is 53.5 Å². The number of hydrogen-bond acceptors (Lipinski definition) is 4. The van der Waals surface area contributed by atoms with Gasteiger partial charge in [-0.15, -0.1) is 0 Å². The molecule has 4 unspecified atom stereocenters. The van der Waals surface area contributed by atoms with Gasteiger partial charge in [-0.05, 0) is 58.3 Å². The smallest absolute Gasteiger partial charge is 0.407 e. The molecule has 0 radical (unpaired) electrons. The van der Waals surface area contributed by atoms with E-state index in [0.717, 1.165) is 31.8 Å². The van der Waals surface area contributed by atoms with Crippen molar-refractivity contribution in [2.45, 2.75) is 71.1 Å². The third-order valence-corrected chi connectivity index (χ3v) is 4.87. The summed E-state index contributed by atoms with van der Waals surface area (Å²) >= 11 is 0. The number of piperidine rings is 1. The molecular weight excluding hydrogens is 280 g/mol. The second kappa shape index (κ2) is 7.18. The molecule has 128 valence electrons. The van der Waals surface area contributed by atoms with Crippen molar-refractivity contribution in [3.8, 4) is 0 Å². The Morgan fingerprint density at radius 3 is 2.55 bits per heavy atom. The Labute approximate surface area is 134 Å². The number of ether oxygens (including phenoxy) is 1. The number of aliphatic hydroxyl groups excluding tert-OH is 1. The lowest BCUT2D eigenvalue weighted by Gasteiger charge is -2.48. The summed E-state index contributed by atoms with van der Waals surface area (Å²) in [6.45, 7) is 10.1. The quantitative estimate of drug-likeness (QED) is 0.837. The average molecular weight is 312 g/mol. The van der Waals surface area contributed by atoms with E-state index in [2.05, 4.69) is 17.1 Å². The third kappa shape index (κ3) is 4.85. The normalized spacial score (nSPS) is 33.1. The van der Waals surface area contributed by atoms with Gasteiger partial charge in [-0.3, -0.25) is 4.90 Å². The fourth-order valence-corrected chi connectivity index (χ4v) is 3.67. The summed E-state index contributed by atoms with van der Waals surface area (Å²) < 4.78 is 5.37. The minimum Gasteiger partial charge on any atom is -0.444 e. The molecule has 22 heavy (non-hydrogen) atoms. The Morgan fingerprint density at radius 2 is 2.05 bits per heavy atom. The summed E-state index contributed by atoms with van der Waals surface area (Å²) in [5.41, 5.74) is -0.467. The highest BCUT2D eigenvalue weighted by Gasteiger charge is 2.38. The Balaban J connectivity index is 1.92. The maximum Gasteiger partial charge on any atom is 0.407 e. The number of hydrogen-bond donors (Lipinski definition) is 2. The first-order valence-corrected chi connectivity index (χ1v) is 8.63. The number of rotatable bonds is 4. The average Bonchev–Trinajstić information content (AvgIpc) is 2.34. The highest BCUT2D eigenvalue weighted by molar-refractivity contribution is 5.68. The zero-order chi connectivity index (χ0) is 16.3. The van der Waals surface area contributed by atoms with E-state index >= 15 is 0 Å². The molecule has 2 fully saturated rings. The van der Waals surface area contributed by atoms with Gasteiger partial charge in [0, 0.05) is 31.8 Å². The van der Waals surface area contributed by atoms with Crippen molar-refractivity contribution in [1.82, 2.24) is 10.2 Å². The van der Waals surface area contributed by atoms with Crippen LogP contribution in [0.5, 0.6) is 0 Å². The molecule has 0 bridgehead atoms. The van der Waals surface area contributed by atoms with Crippen molar-refractivity contribution >= 4 is 6.09 Å². The van der Waals surface area contributed by atoms with Crippen LogP contribution in [-0.2, 0) is 4.74 Å². The molecule has 2 aliphatic rings.